The van der Waals surface area contributed by atoms with E-state index in [9.17, 15) is 27.6 Å². The minimum absolute atomic E-state index is 0.0792. The third kappa shape index (κ3) is 11.6. The first-order valence-corrected chi connectivity index (χ1v) is 23.9. The number of nitrogens with one attached hydrogen (secondary N) is 3. The number of fused-ring (bicyclic) bond motifs is 2. The third-order valence-electron chi connectivity index (χ3n) is 11.6. The molecule has 4 heterocycles. The second-order valence-corrected chi connectivity index (χ2v) is 18.4. The third-order valence-corrected chi connectivity index (χ3v) is 12.2. The number of hydrogen-bond acceptors (Lipinski definition) is 12. The Hall–Kier alpha value is -6.33. The number of anilines is 4. The van der Waals surface area contributed by atoms with Gasteiger partial charge in [-0.1, -0.05) is 63.1 Å². The summed E-state index contributed by atoms with van der Waals surface area (Å²) in [5, 5.41) is 10.2. The molecule has 0 bridgehead atoms. The zero-order chi connectivity index (χ0) is 45.2. The minimum atomic E-state index is -3.40. The van der Waals surface area contributed by atoms with Gasteiger partial charge in [0.2, 0.25) is 27.8 Å². The molecule has 5 aromatic rings. The number of aromatic nitrogens is 3. The Bertz CT molecular complexity index is 2580. The average Bonchev–Trinajstić information content (AvgIpc) is 3.80. The van der Waals surface area contributed by atoms with Crippen LogP contribution in [0.5, 0.6) is 5.75 Å². The Kier molecular flexibility index (Phi) is 14.9. The zero-order valence-electron chi connectivity index (χ0n) is 36.7. The molecule has 0 saturated carbocycles. The molecule has 16 nitrogen and oxygen atoms in total. The van der Waals surface area contributed by atoms with Gasteiger partial charge in [0.25, 0.3) is 11.8 Å². The first-order chi connectivity index (χ1) is 30.8. The Morgan fingerprint density at radius 1 is 0.797 bits per heavy atom. The molecule has 3 N–H and O–H groups in total. The number of imide groups is 2. The summed E-state index contributed by atoms with van der Waals surface area (Å²) in [5.74, 6) is -1.32. The van der Waals surface area contributed by atoms with Gasteiger partial charge in [-0.2, -0.15) is 0 Å². The number of unbranched alkanes of at least 4 members (excludes halogenated alkanes) is 8. The highest BCUT2D eigenvalue weighted by Crippen LogP contribution is 2.34. The van der Waals surface area contributed by atoms with Gasteiger partial charge in [-0.15, -0.1) is 5.10 Å². The number of piperidine rings is 1. The van der Waals surface area contributed by atoms with Crippen LogP contribution in [0.15, 0.2) is 85.1 Å². The van der Waals surface area contributed by atoms with Gasteiger partial charge in [-0.25, -0.2) is 17.9 Å². The molecule has 4 amide bonds. The maximum atomic E-state index is 13.3. The normalized spacial score (nSPS) is 15.2. The topological polar surface area (TPSA) is 188 Å². The van der Waals surface area contributed by atoms with Gasteiger partial charge >= 0.3 is 0 Å². The first-order valence-electron chi connectivity index (χ1n) is 22.0. The number of amides is 4. The Morgan fingerprint density at radius 3 is 2.25 bits per heavy atom. The number of carbonyl (C=O) groups excluding carboxylic acids is 4. The van der Waals surface area contributed by atoms with Crippen LogP contribution in [0.3, 0.4) is 0 Å². The lowest BCUT2D eigenvalue weighted by atomic mass is 10.0. The van der Waals surface area contributed by atoms with Crippen molar-refractivity contribution in [2.24, 2.45) is 0 Å². The fraction of sp³-hybridized carbons (Fsp3) is 0.404. The van der Waals surface area contributed by atoms with Crippen LogP contribution in [0.25, 0.3) is 16.8 Å². The number of carbonyl (C=O) groups is 4. The van der Waals surface area contributed by atoms with E-state index < -0.39 is 39.7 Å². The summed E-state index contributed by atoms with van der Waals surface area (Å²) in [5.41, 5.74) is 5.32. The minimum Gasteiger partial charge on any atom is -0.493 e. The van der Waals surface area contributed by atoms with E-state index in [0.29, 0.717) is 24.0 Å². The van der Waals surface area contributed by atoms with E-state index in [4.69, 9.17) is 9.84 Å². The van der Waals surface area contributed by atoms with Crippen LogP contribution < -0.4 is 25.0 Å². The fourth-order valence-corrected chi connectivity index (χ4v) is 8.69. The molecule has 0 spiro atoms. The lowest BCUT2D eigenvalue weighted by molar-refractivity contribution is -0.136. The number of ether oxygens (including phenoxy) is 1. The molecule has 1 atom stereocenters. The van der Waals surface area contributed by atoms with Crippen molar-refractivity contribution in [3.05, 3.63) is 96.2 Å². The smallest absolute Gasteiger partial charge is 0.266 e. The molecule has 0 aliphatic carbocycles. The predicted octanol–water partition coefficient (Wildman–Crippen LogP) is 6.87. The zero-order valence-corrected chi connectivity index (χ0v) is 37.5. The van der Waals surface area contributed by atoms with Gasteiger partial charge in [-0.3, -0.25) is 34.1 Å². The molecule has 2 aliphatic rings. The average molecular weight is 892 g/mol. The van der Waals surface area contributed by atoms with Crippen LogP contribution in [0.1, 0.15) is 91.3 Å². The van der Waals surface area contributed by atoms with E-state index in [2.05, 4.69) is 56.4 Å². The summed E-state index contributed by atoms with van der Waals surface area (Å²) in [6, 6.07) is 23.2. The van der Waals surface area contributed by atoms with E-state index in [0.717, 1.165) is 78.2 Å². The lowest BCUT2D eigenvalue weighted by Crippen LogP contribution is -2.54. The molecule has 3 aromatic carbocycles. The van der Waals surface area contributed by atoms with Crippen molar-refractivity contribution in [1.29, 1.82) is 0 Å². The maximum Gasteiger partial charge on any atom is 0.266 e. The Balaban J connectivity index is 0.738. The largest absolute Gasteiger partial charge is 0.493 e. The molecule has 1 unspecified atom stereocenters. The first kappa shape index (κ1) is 45.7. The van der Waals surface area contributed by atoms with Crippen LogP contribution >= 0.6 is 0 Å². The van der Waals surface area contributed by atoms with Gasteiger partial charge in [0.1, 0.15) is 11.8 Å². The molecular weight excluding hydrogens is 835 g/mol. The van der Waals surface area contributed by atoms with Crippen molar-refractivity contribution in [2.75, 3.05) is 61.5 Å². The number of hydrogen-bond donors (Lipinski definition) is 3. The summed E-state index contributed by atoms with van der Waals surface area (Å²) in [6.07, 6.45) is 13.2. The molecule has 2 aliphatic heterocycles. The van der Waals surface area contributed by atoms with E-state index in [1.54, 1.807) is 47.1 Å². The van der Waals surface area contributed by atoms with Crippen LogP contribution in [0, 0.1) is 0 Å². The standard InChI is InChI=1S/C47H57N9O7S/c1-53(27-11-9-7-5-4-6-8-10-12-30-63-41-18-14-17-38-43(41)46(60)55(45(38)59)40-25-26-42(57)50-44(40)58)28-29-54(2)36-21-19-34(20-22-36)49-47-48-32-37-23-24-39(56(37)51-47)33-15-13-16-35(31-33)52-64(3,61)62/h13-24,31-32,40,52H,4-12,25-30H2,1-3H3,(H,49,51)(H,50,57,58). The van der Waals surface area contributed by atoms with Gasteiger partial charge in [0.15, 0.2) is 0 Å². The Labute approximate surface area is 374 Å². The van der Waals surface area contributed by atoms with Crippen molar-refractivity contribution in [3.63, 3.8) is 0 Å². The monoisotopic (exact) mass is 891 g/mol. The van der Waals surface area contributed by atoms with Gasteiger partial charge in [0, 0.05) is 49.2 Å². The highest BCUT2D eigenvalue weighted by atomic mass is 32.2. The van der Waals surface area contributed by atoms with Crippen molar-refractivity contribution >= 4 is 62.2 Å². The molecule has 64 heavy (non-hydrogen) atoms. The van der Waals surface area contributed by atoms with Crippen LogP contribution in [0.4, 0.5) is 23.0 Å². The molecule has 17 heteroatoms. The number of sulfonamides is 1. The molecule has 1 saturated heterocycles. The highest BCUT2D eigenvalue weighted by Gasteiger charge is 2.46. The van der Waals surface area contributed by atoms with Gasteiger partial charge < -0.3 is 19.9 Å². The highest BCUT2D eigenvalue weighted by molar-refractivity contribution is 7.92. The van der Waals surface area contributed by atoms with Crippen molar-refractivity contribution < 1.29 is 32.3 Å². The van der Waals surface area contributed by atoms with Crippen LogP contribution in [0.2, 0.25) is 0 Å². The van der Waals surface area contributed by atoms with Crippen molar-refractivity contribution in [3.8, 4) is 17.0 Å². The lowest BCUT2D eigenvalue weighted by Gasteiger charge is -2.27. The van der Waals surface area contributed by atoms with Crippen molar-refractivity contribution in [2.45, 2.75) is 76.7 Å². The molecule has 338 valence electrons. The summed E-state index contributed by atoms with van der Waals surface area (Å²) in [6.45, 7) is 3.36. The molecule has 2 aromatic heterocycles. The molecule has 1 fully saturated rings. The molecular formula is C47H57N9O7S. The number of rotatable bonds is 23. The summed E-state index contributed by atoms with van der Waals surface area (Å²) in [7, 11) is 0.884. The molecule has 7 rings (SSSR count). The number of likely N-dealkylation sites (N-methyl/N-ethyl adjacent to an activating group) is 2. The van der Waals surface area contributed by atoms with E-state index in [1.807, 2.05) is 30.3 Å². The van der Waals surface area contributed by atoms with Crippen LogP contribution in [-0.2, 0) is 19.6 Å². The summed E-state index contributed by atoms with van der Waals surface area (Å²) in [4.78, 5) is 60.4. The second-order valence-electron chi connectivity index (χ2n) is 16.6. The number of nitrogens with zero attached hydrogens (tertiary/aromatic N) is 6. The van der Waals surface area contributed by atoms with Gasteiger partial charge in [-0.05, 0) is 93.5 Å². The predicted molar refractivity (Wildman–Crippen MR) is 248 cm³/mol. The van der Waals surface area contributed by atoms with E-state index >= 15 is 0 Å². The summed E-state index contributed by atoms with van der Waals surface area (Å²) >= 11 is 0. The number of benzene rings is 3. The van der Waals surface area contributed by atoms with Gasteiger partial charge in [0.05, 0.1) is 41.4 Å². The quantitative estimate of drug-likeness (QED) is 0.0457. The molecule has 0 radical (unpaired) electrons. The Morgan fingerprint density at radius 2 is 1.52 bits per heavy atom. The SMILES string of the molecule is CN(CCCCCCCCCCCOc1cccc2c1C(=O)N(C1CCC(=O)NC1=O)C2=O)CCN(C)c1ccc(Nc2ncc3ccc(-c4cccc(NS(C)(=O)=O)c4)n3n2)cc1. The summed E-state index contributed by atoms with van der Waals surface area (Å²) < 4.78 is 33.8. The van der Waals surface area contributed by atoms with Crippen molar-refractivity contribution in [1.82, 2.24) is 29.7 Å². The maximum absolute atomic E-state index is 13.3. The fourth-order valence-electron chi connectivity index (χ4n) is 8.13. The van der Waals surface area contributed by atoms with E-state index in [1.165, 1.54) is 38.5 Å². The van der Waals surface area contributed by atoms with E-state index in [-0.39, 0.29) is 24.0 Å². The second kappa shape index (κ2) is 20.9. The van der Waals surface area contributed by atoms with Crippen LogP contribution in [-0.4, -0.2) is 109 Å².